The van der Waals surface area contributed by atoms with Crippen LogP contribution in [0, 0.1) is 0 Å². The van der Waals surface area contributed by atoms with E-state index in [-0.39, 0.29) is 18.0 Å². The molecule has 0 spiro atoms. The van der Waals surface area contributed by atoms with Crippen LogP contribution < -0.4 is 9.64 Å². The lowest BCUT2D eigenvalue weighted by Gasteiger charge is -2.34. The number of benzene rings is 2. The van der Waals surface area contributed by atoms with Crippen LogP contribution >= 0.6 is 0 Å². The second kappa shape index (κ2) is 7.58. The summed E-state index contributed by atoms with van der Waals surface area (Å²) in [6, 6.07) is 10.0. The third-order valence-electron chi connectivity index (χ3n) is 5.07. The topological polar surface area (TPSA) is 73.7 Å². The Morgan fingerprint density at radius 3 is 2.53 bits per heavy atom. The Morgan fingerprint density at radius 1 is 1.16 bits per heavy atom. The number of hydrogen-bond acceptors (Lipinski definition) is 5. The number of nitrogens with zero attached hydrogens (tertiary/aromatic N) is 3. The molecule has 32 heavy (non-hydrogen) atoms. The Balaban J connectivity index is 1.76. The van der Waals surface area contributed by atoms with E-state index in [0.717, 1.165) is 9.58 Å². The highest BCUT2D eigenvalue weighted by molar-refractivity contribution is 6.01. The molecule has 2 aromatic carbocycles. The van der Waals surface area contributed by atoms with E-state index in [9.17, 15) is 18.4 Å². The van der Waals surface area contributed by atoms with E-state index in [2.05, 4.69) is 5.10 Å². The molecule has 0 atom stereocenters. The molecule has 168 valence electrons. The average Bonchev–Trinajstić information content (AvgIpc) is 3.15. The van der Waals surface area contributed by atoms with Gasteiger partial charge in [0, 0.05) is 5.39 Å². The number of halogens is 2. The lowest BCUT2D eigenvalue weighted by atomic mass is 10.1. The molecule has 0 fully saturated rings. The predicted molar refractivity (Wildman–Crippen MR) is 114 cm³/mol. The van der Waals surface area contributed by atoms with Crippen LogP contribution in [0.4, 0.5) is 19.3 Å². The fraction of sp³-hybridized carbons (Fsp3) is 0.348. The number of ether oxygens (including phenoxy) is 2. The Hall–Kier alpha value is -3.49. The fourth-order valence-electron chi connectivity index (χ4n) is 3.65. The van der Waals surface area contributed by atoms with Gasteiger partial charge in [0.15, 0.2) is 5.75 Å². The van der Waals surface area contributed by atoms with Gasteiger partial charge in [-0.05, 0) is 50.5 Å². The molecule has 1 aromatic heterocycles. The van der Waals surface area contributed by atoms with Crippen LogP contribution in [-0.2, 0) is 22.5 Å². The standard InChI is InChI=1S/C23H23F2N3O4/c1-5-14-8-6-11-18-19(14)31-23(24,25)20(29)27(18)13-15-9-7-10-17-16(15)12-26-28(17)21(30)32-22(2,3)4/h6-12H,5,13H2,1-4H3. The molecule has 3 aromatic rings. The van der Waals surface area contributed by atoms with Gasteiger partial charge >= 0.3 is 18.1 Å². The zero-order chi connectivity index (χ0) is 23.3. The van der Waals surface area contributed by atoms with Gasteiger partial charge in [0.1, 0.15) is 5.60 Å². The molecule has 0 saturated carbocycles. The number of rotatable bonds is 3. The van der Waals surface area contributed by atoms with E-state index in [4.69, 9.17) is 9.47 Å². The number of fused-ring (bicyclic) bond motifs is 2. The van der Waals surface area contributed by atoms with E-state index in [1.54, 1.807) is 57.2 Å². The molecule has 0 aliphatic carbocycles. The van der Waals surface area contributed by atoms with E-state index >= 15 is 0 Å². The van der Waals surface area contributed by atoms with Crippen molar-refractivity contribution in [2.75, 3.05) is 4.90 Å². The number of alkyl halides is 2. The molecular formula is C23H23F2N3O4. The zero-order valence-corrected chi connectivity index (χ0v) is 18.2. The van der Waals surface area contributed by atoms with E-state index in [1.807, 2.05) is 6.92 Å². The predicted octanol–water partition coefficient (Wildman–Crippen LogP) is 4.90. The van der Waals surface area contributed by atoms with Crippen LogP contribution in [0.2, 0.25) is 0 Å². The highest BCUT2D eigenvalue weighted by Crippen LogP contribution is 2.42. The highest BCUT2D eigenvalue weighted by Gasteiger charge is 2.51. The molecule has 0 bridgehead atoms. The molecule has 0 radical (unpaired) electrons. The van der Waals surface area contributed by atoms with Gasteiger partial charge < -0.3 is 9.47 Å². The van der Waals surface area contributed by atoms with Crippen LogP contribution in [0.1, 0.15) is 38.8 Å². The minimum atomic E-state index is -3.98. The maximum absolute atomic E-state index is 14.4. The average molecular weight is 443 g/mol. The first-order valence-corrected chi connectivity index (χ1v) is 10.2. The molecule has 0 unspecified atom stereocenters. The van der Waals surface area contributed by atoms with Crippen molar-refractivity contribution in [3.8, 4) is 5.75 Å². The maximum atomic E-state index is 14.4. The molecule has 1 amide bonds. The van der Waals surface area contributed by atoms with Crippen molar-refractivity contribution < 1.29 is 27.8 Å². The number of para-hydroxylation sites is 1. The number of aromatic nitrogens is 2. The number of aryl methyl sites for hydroxylation is 1. The SMILES string of the molecule is CCc1cccc2c1OC(F)(F)C(=O)N2Cc1cccc2c1cnn2C(=O)OC(C)(C)C. The Morgan fingerprint density at radius 2 is 1.84 bits per heavy atom. The monoisotopic (exact) mass is 443 g/mol. The van der Waals surface area contributed by atoms with Crippen molar-refractivity contribution in [2.45, 2.75) is 52.4 Å². The van der Waals surface area contributed by atoms with Crippen molar-refractivity contribution in [2.24, 2.45) is 0 Å². The third-order valence-corrected chi connectivity index (χ3v) is 5.07. The lowest BCUT2D eigenvalue weighted by Crippen LogP contribution is -2.50. The Bertz CT molecular complexity index is 1210. The fourth-order valence-corrected chi connectivity index (χ4v) is 3.65. The van der Waals surface area contributed by atoms with E-state index < -0.39 is 23.7 Å². The van der Waals surface area contributed by atoms with Gasteiger partial charge in [-0.15, -0.1) is 0 Å². The molecule has 0 N–H and O–H groups in total. The first-order chi connectivity index (χ1) is 15.0. The van der Waals surface area contributed by atoms with Crippen LogP contribution in [0.25, 0.3) is 10.9 Å². The number of carbonyl (C=O) groups is 2. The second-order valence-electron chi connectivity index (χ2n) is 8.52. The highest BCUT2D eigenvalue weighted by atomic mass is 19.3. The van der Waals surface area contributed by atoms with Crippen LogP contribution in [-0.4, -0.2) is 33.5 Å². The van der Waals surface area contributed by atoms with Crippen molar-refractivity contribution >= 4 is 28.6 Å². The summed E-state index contributed by atoms with van der Waals surface area (Å²) in [5, 5.41) is 4.67. The largest absolute Gasteiger partial charge is 0.483 e. The molecule has 7 nitrogen and oxygen atoms in total. The normalized spacial score (nSPS) is 15.4. The number of hydrogen-bond donors (Lipinski definition) is 0. The van der Waals surface area contributed by atoms with Crippen molar-refractivity contribution in [3.05, 3.63) is 53.7 Å². The quantitative estimate of drug-likeness (QED) is 0.576. The lowest BCUT2D eigenvalue weighted by molar-refractivity contribution is -0.193. The molecule has 9 heteroatoms. The summed E-state index contributed by atoms with van der Waals surface area (Å²) in [4.78, 5) is 26.1. The van der Waals surface area contributed by atoms with Gasteiger partial charge in [-0.2, -0.15) is 18.6 Å². The van der Waals surface area contributed by atoms with Gasteiger partial charge in [-0.1, -0.05) is 31.2 Å². The van der Waals surface area contributed by atoms with Crippen molar-refractivity contribution in [3.63, 3.8) is 0 Å². The second-order valence-corrected chi connectivity index (χ2v) is 8.52. The summed E-state index contributed by atoms with van der Waals surface area (Å²) in [7, 11) is 0. The maximum Gasteiger partial charge on any atom is 0.483 e. The number of amides is 1. The van der Waals surface area contributed by atoms with Gasteiger partial charge in [0.2, 0.25) is 0 Å². The summed E-state index contributed by atoms with van der Waals surface area (Å²) in [5.74, 6) is -1.45. The van der Waals surface area contributed by atoms with Gasteiger partial charge in [0.25, 0.3) is 0 Å². The van der Waals surface area contributed by atoms with Crippen LogP contribution in [0.15, 0.2) is 42.6 Å². The van der Waals surface area contributed by atoms with Crippen molar-refractivity contribution in [1.29, 1.82) is 0 Å². The van der Waals surface area contributed by atoms with E-state index in [1.165, 1.54) is 6.20 Å². The Kier molecular flexibility index (Phi) is 5.15. The van der Waals surface area contributed by atoms with Crippen molar-refractivity contribution in [1.82, 2.24) is 9.78 Å². The van der Waals surface area contributed by atoms with Gasteiger partial charge in [-0.3, -0.25) is 9.69 Å². The summed E-state index contributed by atoms with van der Waals surface area (Å²) >= 11 is 0. The first-order valence-electron chi connectivity index (χ1n) is 10.2. The van der Waals surface area contributed by atoms with E-state index in [0.29, 0.717) is 28.5 Å². The molecule has 1 aliphatic heterocycles. The zero-order valence-electron chi connectivity index (χ0n) is 18.2. The first kappa shape index (κ1) is 21.7. The third kappa shape index (κ3) is 3.79. The Labute approximate surface area is 183 Å². The van der Waals surface area contributed by atoms with Gasteiger partial charge in [-0.25, -0.2) is 4.79 Å². The minimum Gasteiger partial charge on any atom is -0.442 e. The smallest absolute Gasteiger partial charge is 0.442 e. The molecule has 2 heterocycles. The molecule has 1 aliphatic rings. The molecular weight excluding hydrogens is 420 g/mol. The van der Waals surface area contributed by atoms with Crippen LogP contribution in [0.5, 0.6) is 5.75 Å². The summed E-state index contributed by atoms with van der Waals surface area (Å²) in [6.45, 7) is 6.91. The van der Waals surface area contributed by atoms with Crippen LogP contribution in [0.3, 0.4) is 0 Å². The molecule has 0 saturated heterocycles. The minimum absolute atomic E-state index is 0.00350. The molecule has 4 rings (SSSR count). The number of carbonyl (C=O) groups excluding carboxylic acids is 2. The summed E-state index contributed by atoms with van der Waals surface area (Å²) in [5.41, 5.74) is 1.15. The summed E-state index contributed by atoms with van der Waals surface area (Å²) in [6.07, 6.45) is -2.70. The number of anilines is 1. The van der Waals surface area contributed by atoms with Gasteiger partial charge in [0.05, 0.1) is 23.9 Å². The summed E-state index contributed by atoms with van der Waals surface area (Å²) < 4.78 is 40.2.